The van der Waals surface area contributed by atoms with Gasteiger partial charge in [-0.25, -0.2) is 9.18 Å². The quantitative estimate of drug-likeness (QED) is 0.326. The first-order valence-electron chi connectivity index (χ1n) is 11.6. The van der Waals surface area contributed by atoms with E-state index in [1.807, 2.05) is 31.2 Å². The largest absolute Gasteiger partial charge is 0.497 e. The third kappa shape index (κ3) is 5.55. The molecule has 36 heavy (non-hydrogen) atoms. The summed E-state index contributed by atoms with van der Waals surface area (Å²) in [6.45, 7) is 5.68. The summed E-state index contributed by atoms with van der Waals surface area (Å²) in [5.41, 5.74) is 3.31. The van der Waals surface area contributed by atoms with Gasteiger partial charge in [-0.05, 0) is 60.9 Å². The van der Waals surface area contributed by atoms with Gasteiger partial charge in [-0.2, -0.15) is 0 Å². The SMILES string of the molecule is C=C(C)[C@H]1C[C@H](c2ccccc2Cl)[C@H](c2ccc(F)cc2)O[C@@H]1c1cc(OC)ccc1OCC(=O)O. The molecule has 7 heteroatoms. The van der Waals surface area contributed by atoms with Gasteiger partial charge in [-0.1, -0.05) is 54.1 Å². The third-order valence-corrected chi connectivity index (χ3v) is 6.89. The number of methoxy groups -OCH3 is 1. The maximum absolute atomic E-state index is 13.8. The van der Waals surface area contributed by atoms with Crippen LogP contribution in [-0.4, -0.2) is 24.8 Å². The van der Waals surface area contributed by atoms with E-state index >= 15 is 0 Å². The van der Waals surface area contributed by atoms with Gasteiger partial charge in [-0.3, -0.25) is 0 Å². The number of halogens is 2. The number of hydrogen-bond donors (Lipinski definition) is 1. The van der Waals surface area contributed by atoms with Crippen LogP contribution in [-0.2, 0) is 9.53 Å². The average molecular weight is 511 g/mol. The maximum atomic E-state index is 13.8. The van der Waals surface area contributed by atoms with Crippen molar-refractivity contribution in [3.63, 3.8) is 0 Å². The van der Waals surface area contributed by atoms with Gasteiger partial charge in [0.25, 0.3) is 0 Å². The predicted molar refractivity (Wildman–Crippen MR) is 136 cm³/mol. The number of benzene rings is 3. The van der Waals surface area contributed by atoms with Crippen molar-refractivity contribution >= 4 is 17.6 Å². The van der Waals surface area contributed by atoms with Gasteiger partial charge >= 0.3 is 5.97 Å². The third-order valence-electron chi connectivity index (χ3n) is 6.54. The summed E-state index contributed by atoms with van der Waals surface area (Å²) < 4.78 is 31.7. The van der Waals surface area contributed by atoms with Crippen LogP contribution in [0.4, 0.5) is 4.39 Å². The van der Waals surface area contributed by atoms with Crippen molar-refractivity contribution in [2.45, 2.75) is 31.5 Å². The van der Waals surface area contributed by atoms with Crippen LogP contribution >= 0.6 is 11.6 Å². The molecule has 0 aliphatic carbocycles. The molecule has 1 aliphatic rings. The van der Waals surface area contributed by atoms with Gasteiger partial charge in [0.1, 0.15) is 17.3 Å². The molecule has 1 N–H and O–H groups in total. The fourth-order valence-corrected chi connectivity index (χ4v) is 5.07. The molecule has 5 nitrogen and oxygen atoms in total. The number of rotatable bonds is 8. The molecule has 4 atom stereocenters. The second-order valence-corrected chi connectivity index (χ2v) is 9.34. The zero-order chi connectivity index (χ0) is 25.8. The lowest BCUT2D eigenvalue weighted by molar-refractivity contribution is -0.139. The molecule has 3 aromatic carbocycles. The molecule has 0 aromatic heterocycles. The van der Waals surface area contributed by atoms with Crippen LogP contribution in [0, 0.1) is 11.7 Å². The first-order valence-corrected chi connectivity index (χ1v) is 12.0. The zero-order valence-corrected chi connectivity index (χ0v) is 20.9. The molecule has 1 aliphatic heterocycles. The molecule has 188 valence electrons. The highest BCUT2D eigenvalue weighted by atomic mass is 35.5. The van der Waals surface area contributed by atoms with E-state index in [4.69, 9.17) is 25.8 Å². The fourth-order valence-electron chi connectivity index (χ4n) is 4.79. The van der Waals surface area contributed by atoms with Gasteiger partial charge in [-0.15, -0.1) is 0 Å². The van der Waals surface area contributed by atoms with Crippen molar-refractivity contribution in [3.8, 4) is 11.5 Å². The Morgan fingerprint density at radius 3 is 2.47 bits per heavy atom. The van der Waals surface area contributed by atoms with Crippen LogP contribution < -0.4 is 9.47 Å². The summed E-state index contributed by atoms with van der Waals surface area (Å²) in [5, 5.41) is 9.81. The fraction of sp³-hybridized carbons (Fsp3) is 0.276. The van der Waals surface area contributed by atoms with Crippen molar-refractivity contribution in [3.05, 3.63) is 106 Å². The van der Waals surface area contributed by atoms with Gasteiger partial charge < -0.3 is 19.3 Å². The van der Waals surface area contributed by atoms with E-state index < -0.39 is 24.8 Å². The highest BCUT2D eigenvalue weighted by Crippen LogP contribution is 2.54. The molecule has 4 rings (SSSR count). The molecular formula is C29H28ClFO5. The van der Waals surface area contributed by atoms with Gasteiger partial charge in [0.2, 0.25) is 0 Å². The monoisotopic (exact) mass is 510 g/mol. The van der Waals surface area contributed by atoms with Gasteiger partial charge in [0.05, 0.1) is 19.3 Å². The second-order valence-electron chi connectivity index (χ2n) is 8.93. The number of carbonyl (C=O) groups is 1. The van der Waals surface area contributed by atoms with Crippen LogP contribution in [0.15, 0.2) is 78.9 Å². The molecule has 0 saturated carbocycles. The predicted octanol–water partition coefficient (Wildman–Crippen LogP) is 7.13. The highest BCUT2D eigenvalue weighted by molar-refractivity contribution is 6.31. The number of carboxylic acid groups (broad SMARTS) is 1. The molecule has 0 bridgehead atoms. The van der Waals surface area contributed by atoms with E-state index in [9.17, 15) is 14.3 Å². The molecule has 1 heterocycles. The Kier molecular flexibility index (Phi) is 7.97. The van der Waals surface area contributed by atoms with Crippen LogP contribution in [0.2, 0.25) is 5.02 Å². The zero-order valence-electron chi connectivity index (χ0n) is 20.1. The number of aliphatic carboxylic acids is 1. The van der Waals surface area contributed by atoms with Crippen molar-refractivity contribution in [2.75, 3.05) is 13.7 Å². The lowest BCUT2D eigenvalue weighted by Crippen LogP contribution is -2.32. The van der Waals surface area contributed by atoms with Crippen molar-refractivity contribution in [1.29, 1.82) is 0 Å². The van der Waals surface area contributed by atoms with Crippen molar-refractivity contribution < 1.29 is 28.5 Å². The minimum Gasteiger partial charge on any atom is -0.497 e. The molecular weight excluding hydrogens is 483 g/mol. The summed E-state index contributed by atoms with van der Waals surface area (Å²) in [7, 11) is 1.56. The summed E-state index contributed by atoms with van der Waals surface area (Å²) in [6.07, 6.45) is -0.318. The Labute approximate surface area is 215 Å². The lowest BCUT2D eigenvalue weighted by Gasteiger charge is -2.43. The molecule has 0 radical (unpaired) electrons. The van der Waals surface area contributed by atoms with Crippen LogP contribution in [0.25, 0.3) is 0 Å². The Morgan fingerprint density at radius 2 is 1.83 bits per heavy atom. The first-order chi connectivity index (χ1) is 17.3. The Hall–Kier alpha value is -3.35. The molecule has 1 fully saturated rings. The molecule has 0 unspecified atom stereocenters. The molecule has 3 aromatic rings. The number of ether oxygens (including phenoxy) is 3. The Bertz CT molecular complexity index is 1240. The molecule has 0 amide bonds. The summed E-state index contributed by atoms with van der Waals surface area (Å²) in [5.74, 6) is -0.705. The van der Waals surface area contributed by atoms with Crippen LogP contribution in [0.3, 0.4) is 0 Å². The maximum Gasteiger partial charge on any atom is 0.341 e. The van der Waals surface area contributed by atoms with E-state index in [0.29, 0.717) is 28.5 Å². The topological polar surface area (TPSA) is 65.0 Å². The number of hydrogen-bond acceptors (Lipinski definition) is 4. The van der Waals surface area contributed by atoms with Gasteiger partial charge in [0.15, 0.2) is 6.61 Å². The van der Waals surface area contributed by atoms with E-state index in [1.54, 1.807) is 37.4 Å². The highest BCUT2D eigenvalue weighted by Gasteiger charge is 2.42. The summed E-state index contributed by atoms with van der Waals surface area (Å²) >= 11 is 6.62. The van der Waals surface area contributed by atoms with E-state index in [-0.39, 0.29) is 17.7 Å². The smallest absolute Gasteiger partial charge is 0.341 e. The summed E-state index contributed by atoms with van der Waals surface area (Å²) in [6, 6.07) is 19.1. The number of carboxylic acids is 1. The Balaban J connectivity index is 1.83. The van der Waals surface area contributed by atoms with Crippen LogP contribution in [0.1, 0.15) is 48.2 Å². The minimum absolute atomic E-state index is 0.129. The van der Waals surface area contributed by atoms with Crippen molar-refractivity contribution in [2.24, 2.45) is 5.92 Å². The summed E-state index contributed by atoms with van der Waals surface area (Å²) in [4.78, 5) is 11.2. The van der Waals surface area contributed by atoms with Gasteiger partial charge in [0, 0.05) is 22.4 Å². The lowest BCUT2D eigenvalue weighted by atomic mass is 9.74. The normalized spacial score (nSPS) is 21.6. The molecule has 1 saturated heterocycles. The molecule has 0 spiro atoms. The van der Waals surface area contributed by atoms with E-state index in [1.165, 1.54) is 12.1 Å². The van der Waals surface area contributed by atoms with Crippen molar-refractivity contribution in [1.82, 2.24) is 0 Å². The van der Waals surface area contributed by atoms with E-state index in [0.717, 1.165) is 16.7 Å². The van der Waals surface area contributed by atoms with E-state index in [2.05, 4.69) is 6.58 Å². The average Bonchev–Trinajstić information content (AvgIpc) is 2.87. The van der Waals surface area contributed by atoms with Crippen LogP contribution in [0.5, 0.6) is 11.5 Å². The first kappa shape index (κ1) is 25.7. The second kappa shape index (κ2) is 11.1. The standard InChI is InChI=1S/C29H28ClFO5/c1-17(2)22-15-23(21-6-4-5-7-25(21)30)28(18-8-10-19(31)11-9-18)36-29(22)24-14-20(34-3)12-13-26(24)35-16-27(32)33/h4-14,22-23,28-29H,1,15-16H2,2-3H3,(H,32,33)/t22-,23-,28+,29+/m1/s1. The minimum atomic E-state index is -1.08. The Morgan fingerprint density at radius 1 is 1.11 bits per heavy atom.